The van der Waals surface area contributed by atoms with Crippen LogP contribution in [0.5, 0.6) is 0 Å². The first-order valence-corrected chi connectivity index (χ1v) is 5.90. The lowest BCUT2D eigenvalue weighted by molar-refractivity contribution is 0.323. The molecule has 1 N–H and O–H groups in total. The molecule has 0 radical (unpaired) electrons. The number of aromatic nitrogens is 1. The third kappa shape index (κ3) is 2.07. The molecule has 0 fully saturated rings. The highest BCUT2D eigenvalue weighted by molar-refractivity contribution is 5.28. The van der Waals surface area contributed by atoms with Crippen LogP contribution in [-0.4, -0.2) is 11.7 Å². The highest BCUT2D eigenvalue weighted by Crippen LogP contribution is 2.35. The fourth-order valence-electron chi connectivity index (χ4n) is 2.49. The minimum absolute atomic E-state index is 0.534. The summed E-state index contributed by atoms with van der Waals surface area (Å²) in [5, 5.41) is 7.49. The van der Waals surface area contributed by atoms with Crippen LogP contribution < -0.4 is 5.32 Å². The van der Waals surface area contributed by atoms with E-state index in [1.807, 2.05) is 0 Å². The molecule has 0 amide bonds. The number of hydrogen-bond acceptors (Lipinski definition) is 3. The van der Waals surface area contributed by atoms with Crippen molar-refractivity contribution in [2.75, 3.05) is 6.54 Å². The van der Waals surface area contributed by atoms with Gasteiger partial charge in [0.15, 0.2) is 0 Å². The molecule has 2 atom stereocenters. The van der Waals surface area contributed by atoms with Gasteiger partial charge < -0.3 is 9.84 Å². The average Bonchev–Trinajstić information content (AvgIpc) is 2.58. The molecule has 3 nitrogen and oxygen atoms in total. The second kappa shape index (κ2) is 4.35. The van der Waals surface area contributed by atoms with Gasteiger partial charge >= 0.3 is 0 Å². The monoisotopic (exact) mass is 208 g/mol. The minimum Gasteiger partial charge on any atom is -0.361 e. The van der Waals surface area contributed by atoms with Crippen molar-refractivity contribution in [2.24, 2.45) is 5.92 Å². The van der Waals surface area contributed by atoms with Crippen molar-refractivity contribution in [3.05, 3.63) is 17.0 Å². The van der Waals surface area contributed by atoms with E-state index >= 15 is 0 Å². The van der Waals surface area contributed by atoms with Gasteiger partial charge in [0.05, 0.1) is 0 Å². The Labute approximate surface area is 91.2 Å². The molecular weight excluding hydrogens is 188 g/mol. The quantitative estimate of drug-likeness (QED) is 0.829. The molecule has 0 bridgehead atoms. The Bertz CT molecular complexity index is 332. The van der Waals surface area contributed by atoms with Crippen LogP contribution in [0.2, 0.25) is 0 Å². The summed E-state index contributed by atoms with van der Waals surface area (Å²) >= 11 is 0. The summed E-state index contributed by atoms with van der Waals surface area (Å²) in [6.45, 7) is 8.47. The van der Waals surface area contributed by atoms with Crippen molar-refractivity contribution in [3.8, 4) is 0 Å². The molecule has 1 heterocycles. The molecule has 0 aromatic carbocycles. The third-order valence-electron chi connectivity index (χ3n) is 3.20. The lowest BCUT2D eigenvalue weighted by Crippen LogP contribution is -2.17. The second-order valence-corrected chi connectivity index (χ2v) is 4.70. The fraction of sp³-hybridized carbons (Fsp3) is 0.750. The van der Waals surface area contributed by atoms with Gasteiger partial charge in [-0.1, -0.05) is 25.9 Å². The summed E-state index contributed by atoms with van der Waals surface area (Å²) in [5.41, 5.74) is 2.48. The zero-order valence-electron chi connectivity index (χ0n) is 9.84. The van der Waals surface area contributed by atoms with Crippen molar-refractivity contribution in [3.63, 3.8) is 0 Å². The highest BCUT2D eigenvalue weighted by atomic mass is 16.5. The molecule has 1 aliphatic rings. The average molecular weight is 208 g/mol. The van der Waals surface area contributed by atoms with Crippen molar-refractivity contribution in [1.82, 2.24) is 10.5 Å². The fourth-order valence-corrected chi connectivity index (χ4v) is 2.49. The summed E-state index contributed by atoms with van der Waals surface area (Å²) in [6, 6.07) is 0. The SMILES string of the molecule is CCNCc1noc2c1CC(C)CC2C. The highest BCUT2D eigenvalue weighted by Gasteiger charge is 2.28. The Kier molecular flexibility index (Phi) is 3.10. The van der Waals surface area contributed by atoms with Crippen LogP contribution in [-0.2, 0) is 13.0 Å². The van der Waals surface area contributed by atoms with Crippen LogP contribution >= 0.6 is 0 Å². The molecule has 0 saturated carbocycles. The van der Waals surface area contributed by atoms with Gasteiger partial charge in [0.1, 0.15) is 11.5 Å². The van der Waals surface area contributed by atoms with E-state index in [0.717, 1.165) is 36.9 Å². The zero-order chi connectivity index (χ0) is 10.8. The summed E-state index contributed by atoms with van der Waals surface area (Å²) in [6.07, 6.45) is 2.35. The van der Waals surface area contributed by atoms with E-state index in [1.165, 1.54) is 12.0 Å². The van der Waals surface area contributed by atoms with E-state index in [2.05, 4.69) is 31.2 Å². The van der Waals surface area contributed by atoms with Crippen LogP contribution in [0.4, 0.5) is 0 Å². The molecule has 1 aromatic heterocycles. The molecule has 0 aliphatic heterocycles. The van der Waals surface area contributed by atoms with Gasteiger partial charge in [-0.3, -0.25) is 0 Å². The molecule has 1 aromatic rings. The molecule has 15 heavy (non-hydrogen) atoms. The number of nitrogens with one attached hydrogen (secondary N) is 1. The maximum Gasteiger partial charge on any atom is 0.143 e. The standard InChI is InChI=1S/C12H20N2O/c1-4-13-7-11-10-6-8(2)5-9(3)12(10)15-14-11/h8-9,13H,4-7H2,1-3H3. The van der Waals surface area contributed by atoms with Gasteiger partial charge in [-0.15, -0.1) is 0 Å². The van der Waals surface area contributed by atoms with Gasteiger partial charge in [0.2, 0.25) is 0 Å². The van der Waals surface area contributed by atoms with E-state index < -0.39 is 0 Å². The largest absolute Gasteiger partial charge is 0.361 e. The Morgan fingerprint density at radius 1 is 1.47 bits per heavy atom. The summed E-state index contributed by atoms with van der Waals surface area (Å²) in [5.74, 6) is 2.42. The number of rotatable bonds is 3. The zero-order valence-corrected chi connectivity index (χ0v) is 9.84. The summed E-state index contributed by atoms with van der Waals surface area (Å²) in [4.78, 5) is 0. The third-order valence-corrected chi connectivity index (χ3v) is 3.20. The first kappa shape index (κ1) is 10.7. The lowest BCUT2D eigenvalue weighted by atomic mass is 9.82. The van der Waals surface area contributed by atoms with Crippen LogP contribution in [0.25, 0.3) is 0 Å². The number of nitrogens with zero attached hydrogens (tertiary/aromatic N) is 1. The van der Waals surface area contributed by atoms with E-state index in [0.29, 0.717) is 5.92 Å². The van der Waals surface area contributed by atoms with E-state index in [4.69, 9.17) is 4.52 Å². The van der Waals surface area contributed by atoms with Gasteiger partial charge in [0.25, 0.3) is 0 Å². The molecule has 84 valence electrons. The topological polar surface area (TPSA) is 38.1 Å². The lowest BCUT2D eigenvalue weighted by Gasteiger charge is -2.22. The molecule has 1 aliphatic carbocycles. The van der Waals surface area contributed by atoms with Gasteiger partial charge in [0, 0.05) is 18.0 Å². The summed E-state index contributed by atoms with van der Waals surface area (Å²) in [7, 11) is 0. The van der Waals surface area contributed by atoms with Crippen molar-refractivity contribution >= 4 is 0 Å². The molecular formula is C12H20N2O. The van der Waals surface area contributed by atoms with Crippen LogP contribution in [0.15, 0.2) is 4.52 Å². The van der Waals surface area contributed by atoms with Crippen LogP contribution in [0.3, 0.4) is 0 Å². The maximum absolute atomic E-state index is 5.45. The minimum atomic E-state index is 0.534. The maximum atomic E-state index is 5.45. The molecule has 3 heteroatoms. The predicted octanol–water partition coefficient (Wildman–Crippen LogP) is 2.47. The molecule has 2 rings (SSSR count). The van der Waals surface area contributed by atoms with Crippen LogP contribution in [0, 0.1) is 5.92 Å². The Morgan fingerprint density at radius 3 is 3.00 bits per heavy atom. The Hall–Kier alpha value is -0.830. The number of fused-ring (bicyclic) bond motifs is 1. The van der Waals surface area contributed by atoms with Crippen LogP contribution in [0.1, 0.15) is 50.1 Å². The smallest absolute Gasteiger partial charge is 0.143 e. The van der Waals surface area contributed by atoms with Crippen molar-refractivity contribution in [2.45, 2.75) is 46.1 Å². The Morgan fingerprint density at radius 2 is 2.27 bits per heavy atom. The normalized spacial score (nSPS) is 25.3. The molecule has 2 unspecified atom stereocenters. The van der Waals surface area contributed by atoms with Crippen molar-refractivity contribution in [1.29, 1.82) is 0 Å². The first-order valence-electron chi connectivity index (χ1n) is 5.90. The van der Waals surface area contributed by atoms with Gasteiger partial charge in [-0.05, 0) is 25.3 Å². The van der Waals surface area contributed by atoms with E-state index in [9.17, 15) is 0 Å². The second-order valence-electron chi connectivity index (χ2n) is 4.70. The van der Waals surface area contributed by atoms with Gasteiger partial charge in [-0.2, -0.15) is 0 Å². The summed E-state index contributed by atoms with van der Waals surface area (Å²) < 4.78 is 5.45. The van der Waals surface area contributed by atoms with E-state index in [-0.39, 0.29) is 0 Å². The van der Waals surface area contributed by atoms with Gasteiger partial charge in [-0.25, -0.2) is 0 Å². The van der Waals surface area contributed by atoms with E-state index in [1.54, 1.807) is 0 Å². The molecule has 0 saturated heterocycles. The Balaban J connectivity index is 2.21. The predicted molar refractivity (Wildman–Crippen MR) is 59.8 cm³/mol. The first-order chi connectivity index (χ1) is 7.22. The molecule has 0 spiro atoms. The number of hydrogen-bond donors (Lipinski definition) is 1. The van der Waals surface area contributed by atoms with Crippen molar-refractivity contribution < 1.29 is 4.52 Å².